The molecular formula is C15H22FN3O. The third kappa shape index (κ3) is 3.54. The number of amides is 1. The van der Waals surface area contributed by atoms with Crippen LogP contribution in [0.15, 0.2) is 18.3 Å². The fourth-order valence-electron chi connectivity index (χ4n) is 2.75. The van der Waals surface area contributed by atoms with Gasteiger partial charge in [-0.1, -0.05) is 6.92 Å². The second-order valence-corrected chi connectivity index (χ2v) is 5.36. The van der Waals surface area contributed by atoms with Crippen LogP contribution < -0.4 is 0 Å². The van der Waals surface area contributed by atoms with Crippen molar-refractivity contribution in [3.63, 3.8) is 0 Å². The molecule has 0 spiro atoms. The Hall–Kier alpha value is -1.49. The van der Waals surface area contributed by atoms with Crippen molar-refractivity contribution in [1.82, 2.24) is 14.8 Å². The predicted octanol–water partition coefficient (Wildman–Crippen LogP) is 2.17. The van der Waals surface area contributed by atoms with Gasteiger partial charge in [-0.2, -0.15) is 4.39 Å². The number of hydrogen-bond donors (Lipinski definition) is 0. The Morgan fingerprint density at radius 3 is 2.80 bits per heavy atom. The van der Waals surface area contributed by atoms with Crippen molar-refractivity contribution >= 4 is 5.91 Å². The van der Waals surface area contributed by atoms with E-state index in [2.05, 4.69) is 16.8 Å². The largest absolute Gasteiger partial charge is 0.339 e. The van der Waals surface area contributed by atoms with E-state index in [4.69, 9.17) is 0 Å². The maximum Gasteiger partial charge on any atom is 0.254 e. The lowest BCUT2D eigenvalue weighted by molar-refractivity contribution is 0.0642. The molecule has 20 heavy (non-hydrogen) atoms. The summed E-state index contributed by atoms with van der Waals surface area (Å²) in [6.07, 6.45) is 4.46. The highest BCUT2D eigenvalue weighted by Crippen LogP contribution is 2.17. The van der Waals surface area contributed by atoms with Crippen LogP contribution in [-0.4, -0.2) is 53.4 Å². The molecule has 1 aromatic rings. The highest BCUT2D eigenvalue weighted by atomic mass is 19.1. The molecule has 2 heterocycles. The Balaban J connectivity index is 1.95. The minimum atomic E-state index is -0.609. The summed E-state index contributed by atoms with van der Waals surface area (Å²) in [5, 5.41) is 0. The molecule has 1 aromatic heterocycles. The smallest absolute Gasteiger partial charge is 0.254 e. The lowest BCUT2D eigenvalue weighted by Gasteiger charge is -2.36. The van der Waals surface area contributed by atoms with E-state index in [-0.39, 0.29) is 11.9 Å². The van der Waals surface area contributed by atoms with Gasteiger partial charge >= 0.3 is 0 Å². The van der Waals surface area contributed by atoms with Gasteiger partial charge in [-0.3, -0.25) is 4.79 Å². The molecule has 0 unspecified atom stereocenters. The van der Waals surface area contributed by atoms with E-state index in [1.807, 2.05) is 0 Å². The normalized spacial score (nSPS) is 17.1. The maximum atomic E-state index is 13.1. The van der Waals surface area contributed by atoms with Crippen LogP contribution in [0.5, 0.6) is 0 Å². The van der Waals surface area contributed by atoms with Crippen molar-refractivity contribution < 1.29 is 9.18 Å². The topological polar surface area (TPSA) is 36.4 Å². The molecule has 2 rings (SSSR count). The van der Waals surface area contributed by atoms with Crippen molar-refractivity contribution in [3.05, 3.63) is 29.8 Å². The number of hydrogen-bond acceptors (Lipinski definition) is 3. The van der Waals surface area contributed by atoms with E-state index in [0.29, 0.717) is 5.56 Å². The number of aromatic nitrogens is 1. The molecule has 0 atom stereocenters. The summed E-state index contributed by atoms with van der Waals surface area (Å²) in [5.41, 5.74) is 0.371. The fraction of sp³-hybridized carbons (Fsp3) is 0.600. The molecule has 0 aromatic carbocycles. The van der Waals surface area contributed by atoms with Crippen molar-refractivity contribution in [1.29, 1.82) is 0 Å². The van der Waals surface area contributed by atoms with Gasteiger partial charge in [-0.15, -0.1) is 0 Å². The zero-order valence-electron chi connectivity index (χ0n) is 12.2. The molecule has 0 saturated carbocycles. The van der Waals surface area contributed by atoms with Crippen LogP contribution in [-0.2, 0) is 0 Å². The Bertz CT molecular complexity index is 458. The summed E-state index contributed by atoms with van der Waals surface area (Å²) < 4.78 is 13.1. The Kier molecular flexibility index (Phi) is 5.06. The van der Waals surface area contributed by atoms with Gasteiger partial charge in [0.2, 0.25) is 5.95 Å². The number of halogens is 1. The highest BCUT2D eigenvalue weighted by Gasteiger charge is 2.25. The van der Waals surface area contributed by atoms with E-state index in [1.165, 1.54) is 12.3 Å². The molecule has 1 fully saturated rings. The second-order valence-electron chi connectivity index (χ2n) is 5.36. The summed E-state index contributed by atoms with van der Waals surface area (Å²) >= 11 is 0. The average molecular weight is 279 g/mol. The van der Waals surface area contributed by atoms with Crippen LogP contribution in [0.4, 0.5) is 4.39 Å². The highest BCUT2D eigenvalue weighted by molar-refractivity contribution is 5.94. The summed E-state index contributed by atoms with van der Waals surface area (Å²) in [4.78, 5) is 20.0. The molecule has 1 saturated heterocycles. The first-order chi connectivity index (χ1) is 9.61. The Morgan fingerprint density at radius 2 is 2.20 bits per heavy atom. The van der Waals surface area contributed by atoms with E-state index in [9.17, 15) is 9.18 Å². The molecule has 1 amide bonds. The zero-order chi connectivity index (χ0) is 14.5. The number of carbonyl (C=O) groups is 1. The van der Waals surface area contributed by atoms with Crippen LogP contribution >= 0.6 is 0 Å². The number of nitrogens with zero attached hydrogens (tertiary/aromatic N) is 3. The molecule has 0 N–H and O–H groups in total. The maximum absolute atomic E-state index is 13.1. The lowest BCUT2D eigenvalue weighted by atomic mass is 10.0. The SMILES string of the molecule is CCCN1CCC(N(C)C(=O)c2ccnc(F)c2)CC1. The summed E-state index contributed by atoms with van der Waals surface area (Å²) in [6, 6.07) is 3.01. The summed E-state index contributed by atoms with van der Waals surface area (Å²) in [7, 11) is 1.81. The average Bonchev–Trinajstić information content (AvgIpc) is 2.47. The quantitative estimate of drug-likeness (QED) is 0.793. The number of carbonyl (C=O) groups excluding carboxylic acids is 1. The minimum absolute atomic E-state index is 0.125. The van der Waals surface area contributed by atoms with Gasteiger partial charge in [0.15, 0.2) is 0 Å². The van der Waals surface area contributed by atoms with Gasteiger partial charge in [0.05, 0.1) is 0 Å². The van der Waals surface area contributed by atoms with Gasteiger partial charge in [-0.05, 0) is 31.9 Å². The predicted molar refractivity (Wildman–Crippen MR) is 76.0 cm³/mol. The van der Waals surface area contributed by atoms with Gasteiger partial charge in [-0.25, -0.2) is 4.98 Å². The number of pyridine rings is 1. The third-order valence-corrected chi connectivity index (χ3v) is 3.94. The first-order valence-electron chi connectivity index (χ1n) is 7.23. The van der Waals surface area contributed by atoms with E-state index >= 15 is 0 Å². The summed E-state index contributed by atoms with van der Waals surface area (Å²) in [5.74, 6) is -0.734. The molecule has 0 radical (unpaired) electrons. The van der Waals surface area contributed by atoms with Crippen LogP contribution in [0.1, 0.15) is 36.5 Å². The number of likely N-dealkylation sites (tertiary alicyclic amines) is 1. The van der Waals surface area contributed by atoms with Crippen LogP contribution in [0.2, 0.25) is 0 Å². The van der Waals surface area contributed by atoms with Crippen molar-refractivity contribution in [2.45, 2.75) is 32.2 Å². The van der Waals surface area contributed by atoms with Crippen LogP contribution in [0.25, 0.3) is 0 Å². The Morgan fingerprint density at radius 1 is 1.50 bits per heavy atom. The standard InChI is InChI=1S/C15H22FN3O/c1-3-8-19-9-5-13(6-10-19)18(2)15(20)12-4-7-17-14(16)11-12/h4,7,11,13H,3,5-6,8-10H2,1-2H3. The molecule has 0 bridgehead atoms. The number of piperidine rings is 1. The molecule has 5 heteroatoms. The third-order valence-electron chi connectivity index (χ3n) is 3.94. The van der Waals surface area contributed by atoms with Gasteiger partial charge < -0.3 is 9.80 Å². The zero-order valence-corrected chi connectivity index (χ0v) is 12.2. The molecule has 110 valence electrons. The van der Waals surface area contributed by atoms with Gasteiger partial charge in [0.25, 0.3) is 5.91 Å². The molecule has 1 aliphatic heterocycles. The first-order valence-corrected chi connectivity index (χ1v) is 7.23. The van der Waals surface area contributed by atoms with Gasteiger partial charge in [0, 0.05) is 44.0 Å². The molecule has 1 aliphatic rings. The molecule has 4 nitrogen and oxygen atoms in total. The van der Waals surface area contributed by atoms with Crippen molar-refractivity contribution in [2.75, 3.05) is 26.7 Å². The van der Waals surface area contributed by atoms with E-state index in [0.717, 1.165) is 38.9 Å². The van der Waals surface area contributed by atoms with Crippen molar-refractivity contribution in [2.24, 2.45) is 0 Å². The van der Waals surface area contributed by atoms with Crippen molar-refractivity contribution in [3.8, 4) is 0 Å². The molecular weight excluding hydrogens is 257 g/mol. The van der Waals surface area contributed by atoms with Crippen LogP contribution in [0, 0.1) is 5.95 Å². The summed E-state index contributed by atoms with van der Waals surface area (Å²) in [6.45, 7) is 5.36. The van der Waals surface area contributed by atoms with E-state index in [1.54, 1.807) is 18.0 Å². The Labute approximate surface area is 119 Å². The molecule has 0 aliphatic carbocycles. The van der Waals surface area contributed by atoms with Crippen LogP contribution in [0.3, 0.4) is 0 Å². The number of rotatable bonds is 4. The second kappa shape index (κ2) is 6.79. The monoisotopic (exact) mass is 279 g/mol. The minimum Gasteiger partial charge on any atom is -0.339 e. The lowest BCUT2D eigenvalue weighted by Crippen LogP contribution is -2.45. The first kappa shape index (κ1) is 14.9. The fourth-order valence-corrected chi connectivity index (χ4v) is 2.75. The van der Waals surface area contributed by atoms with Gasteiger partial charge in [0.1, 0.15) is 0 Å². The van der Waals surface area contributed by atoms with E-state index < -0.39 is 5.95 Å².